The fourth-order valence-corrected chi connectivity index (χ4v) is 2.01. The lowest BCUT2D eigenvalue weighted by molar-refractivity contribution is -0.0720. The molecule has 5 heteroatoms. The fraction of sp³-hybridized carbons (Fsp3) is 0.769. The van der Waals surface area contributed by atoms with E-state index in [-0.39, 0.29) is 12.2 Å². The van der Waals surface area contributed by atoms with Crippen molar-refractivity contribution in [3.63, 3.8) is 0 Å². The summed E-state index contributed by atoms with van der Waals surface area (Å²) in [6.07, 6.45) is 2.41. The summed E-state index contributed by atoms with van der Waals surface area (Å²) in [5, 5.41) is 7.77. The van der Waals surface area contributed by atoms with Crippen molar-refractivity contribution in [2.45, 2.75) is 45.6 Å². The summed E-state index contributed by atoms with van der Waals surface area (Å²) in [6.45, 7) is 9.25. The minimum Gasteiger partial charge on any atom is -0.372 e. The second kappa shape index (κ2) is 6.31. The van der Waals surface area contributed by atoms with Crippen LogP contribution in [0.5, 0.6) is 0 Å². The highest BCUT2D eigenvalue weighted by atomic mass is 16.5. The van der Waals surface area contributed by atoms with E-state index in [1.165, 1.54) is 0 Å². The summed E-state index contributed by atoms with van der Waals surface area (Å²) in [6, 6.07) is 2.40. The molecular weight excluding hydrogens is 230 g/mol. The van der Waals surface area contributed by atoms with E-state index in [9.17, 15) is 0 Å². The summed E-state index contributed by atoms with van der Waals surface area (Å²) in [5.74, 6) is 0. The number of morpholine rings is 1. The van der Waals surface area contributed by atoms with Crippen LogP contribution in [0.3, 0.4) is 0 Å². The largest absolute Gasteiger partial charge is 0.372 e. The van der Waals surface area contributed by atoms with E-state index < -0.39 is 0 Å². The Labute approximate surface area is 108 Å². The van der Waals surface area contributed by atoms with Crippen LogP contribution in [-0.4, -0.2) is 41.7 Å². The molecule has 1 fully saturated rings. The van der Waals surface area contributed by atoms with E-state index >= 15 is 0 Å². The fourth-order valence-electron chi connectivity index (χ4n) is 2.01. The minimum atomic E-state index is 0.154. The molecule has 0 aromatic carbocycles. The molecule has 2 atom stereocenters. The molecule has 1 aliphatic heterocycles. The molecule has 0 aliphatic carbocycles. The molecular formula is C13H23N3O2. The van der Waals surface area contributed by atoms with Crippen molar-refractivity contribution in [1.82, 2.24) is 15.1 Å². The van der Waals surface area contributed by atoms with Crippen LogP contribution < -0.4 is 5.32 Å². The monoisotopic (exact) mass is 253 g/mol. The van der Waals surface area contributed by atoms with Gasteiger partial charge < -0.3 is 14.8 Å². The maximum Gasteiger partial charge on any atom is 0.0936 e. The number of hydrogen-bond acceptors (Lipinski definition) is 4. The Bertz CT molecular complexity index is 365. The molecule has 1 aromatic heterocycles. The molecule has 0 radical (unpaired) electrons. The number of nitrogens with zero attached hydrogens (tertiary/aromatic N) is 2. The molecule has 2 heterocycles. The SMILES string of the molecule is CC1CNCC(COCc2ccn(C(C)C)n2)O1. The van der Waals surface area contributed by atoms with Gasteiger partial charge in [0, 0.05) is 25.3 Å². The Morgan fingerprint density at radius 3 is 3.06 bits per heavy atom. The summed E-state index contributed by atoms with van der Waals surface area (Å²) in [4.78, 5) is 0. The first-order valence-corrected chi connectivity index (χ1v) is 6.63. The van der Waals surface area contributed by atoms with Gasteiger partial charge in [0.25, 0.3) is 0 Å². The Morgan fingerprint density at radius 1 is 1.56 bits per heavy atom. The predicted octanol–water partition coefficient (Wildman–Crippen LogP) is 1.36. The smallest absolute Gasteiger partial charge is 0.0936 e. The van der Waals surface area contributed by atoms with Crippen molar-refractivity contribution < 1.29 is 9.47 Å². The van der Waals surface area contributed by atoms with Crippen molar-refractivity contribution in [2.75, 3.05) is 19.7 Å². The van der Waals surface area contributed by atoms with Gasteiger partial charge in [0.05, 0.1) is 31.1 Å². The molecule has 18 heavy (non-hydrogen) atoms. The van der Waals surface area contributed by atoms with E-state index in [1.54, 1.807) is 0 Å². The highest BCUT2D eigenvalue weighted by molar-refractivity contribution is 4.97. The Balaban J connectivity index is 1.71. The summed E-state index contributed by atoms with van der Waals surface area (Å²) >= 11 is 0. The third kappa shape index (κ3) is 3.80. The second-order valence-electron chi connectivity index (χ2n) is 5.12. The minimum absolute atomic E-state index is 0.154. The molecule has 102 valence electrons. The van der Waals surface area contributed by atoms with Crippen LogP contribution in [0.15, 0.2) is 12.3 Å². The molecule has 0 bridgehead atoms. The first kappa shape index (κ1) is 13.5. The van der Waals surface area contributed by atoms with Gasteiger partial charge in [-0.25, -0.2) is 0 Å². The molecule has 1 N–H and O–H groups in total. The zero-order valence-corrected chi connectivity index (χ0v) is 11.4. The summed E-state index contributed by atoms with van der Waals surface area (Å²) in [7, 11) is 0. The predicted molar refractivity (Wildman–Crippen MR) is 69.5 cm³/mol. The quantitative estimate of drug-likeness (QED) is 0.860. The lowest BCUT2D eigenvalue weighted by atomic mass is 10.2. The number of ether oxygens (including phenoxy) is 2. The summed E-state index contributed by atoms with van der Waals surface area (Å²) in [5.41, 5.74) is 0.973. The molecule has 0 saturated carbocycles. The van der Waals surface area contributed by atoms with Crippen molar-refractivity contribution in [3.05, 3.63) is 18.0 Å². The second-order valence-corrected chi connectivity index (χ2v) is 5.12. The maximum absolute atomic E-state index is 5.75. The molecule has 2 unspecified atom stereocenters. The molecule has 1 saturated heterocycles. The zero-order valence-electron chi connectivity index (χ0n) is 11.4. The van der Waals surface area contributed by atoms with E-state index in [0.29, 0.717) is 19.3 Å². The first-order chi connectivity index (χ1) is 8.65. The standard InChI is InChI=1S/C13H23N3O2/c1-10(2)16-5-4-12(15-16)8-17-9-13-7-14-6-11(3)18-13/h4-5,10-11,13-14H,6-9H2,1-3H3. The summed E-state index contributed by atoms with van der Waals surface area (Å²) < 4.78 is 13.4. The topological polar surface area (TPSA) is 48.3 Å². The van der Waals surface area contributed by atoms with E-state index in [2.05, 4.69) is 31.2 Å². The lowest BCUT2D eigenvalue weighted by Gasteiger charge is -2.28. The average Bonchev–Trinajstić information content (AvgIpc) is 2.78. The van der Waals surface area contributed by atoms with E-state index in [4.69, 9.17) is 9.47 Å². The van der Waals surface area contributed by atoms with Crippen LogP contribution in [0.4, 0.5) is 0 Å². The van der Waals surface area contributed by atoms with Crippen LogP contribution in [0.1, 0.15) is 32.5 Å². The average molecular weight is 253 g/mol. The van der Waals surface area contributed by atoms with Crippen molar-refractivity contribution in [3.8, 4) is 0 Å². The Hall–Kier alpha value is -0.910. The number of hydrogen-bond donors (Lipinski definition) is 1. The van der Waals surface area contributed by atoms with Gasteiger partial charge in [-0.15, -0.1) is 0 Å². The van der Waals surface area contributed by atoms with Crippen molar-refractivity contribution in [1.29, 1.82) is 0 Å². The van der Waals surface area contributed by atoms with Gasteiger partial charge in [0.15, 0.2) is 0 Å². The van der Waals surface area contributed by atoms with Gasteiger partial charge in [0.1, 0.15) is 0 Å². The Morgan fingerprint density at radius 2 is 2.39 bits per heavy atom. The third-order valence-electron chi connectivity index (χ3n) is 2.97. The van der Waals surface area contributed by atoms with Crippen LogP contribution in [-0.2, 0) is 16.1 Å². The lowest BCUT2D eigenvalue weighted by Crippen LogP contribution is -2.45. The molecule has 1 aromatic rings. The van der Waals surface area contributed by atoms with Crippen LogP contribution >= 0.6 is 0 Å². The zero-order chi connectivity index (χ0) is 13.0. The highest BCUT2D eigenvalue weighted by Crippen LogP contribution is 2.07. The van der Waals surface area contributed by atoms with Crippen LogP contribution in [0.25, 0.3) is 0 Å². The van der Waals surface area contributed by atoms with Crippen molar-refractivity contribution in [2.24, 2.45) is 0 Å². The number of rotatable bonds is 5. The van der Waals surface area contributed by atoms with Gasteiger partial charge in [-0.2, -0.15) is 5.10 Å². The Kier molecular flexibility index (Phi) is 4.74. The maximum atomic E-state index is 5.75. The van der Waals surface area contributed by atoms with Crippen LogP contribution in [0, 0.1) is 0 Å². The van der Waals surface area contributed by atoms with Gasteiger partial charge in [-0.05, 0) is 26.8 Å². The van der Waals surface area contributed by atoms with Crippen molar-refractivity contribution >= 4 is 0 Å². The van der Waals surface area contributed by atoms with E-state index in [0.717, 1.165) is 18.8 Å². The number of nitrogens with one attached hydrogen (secondary N) is 1. The van der Waals surface area contributed by atoms with Gasteiger partial charge in [-0.3, -0.25) is 4.68 Å². The van der Waals surface area contributed by atoms with Gasteiger partial charge in [-0.1, -0.05) is 0 Å². The normalized spacial score (nSPS) is 24.7. The molecule has 5 nitrogen and oxygen atoms in total. The van der Waals surface area contributed by atoms with Crippen LogP contribution in [0.2, 0.25) is 0 Å². The number of aromatic nitrogens is 2. The molecule has 0 spiro atoms. The molecule has 2 rings (SSSR count). The van der Waals surface area contributed by atoms with Gasteiger partial charge in [0.2, 0.25) is 0 Å². The molecule has 1 aliphatic rings. The molecule has 0 amide bonds. The van der Waals surface area contributed by atoms with E-state index in [1.807, 2.05) is 16.9 Å². The first-order valence-electron chi connectivity index (χ1n) is 6.63. The van der Waals surface area contributed by atoms with Gasteiger partial charge >= 0.3 is 0 Å². The highest BCUT2D eigenvalue weighted by Gasteiger charge is 2.18. The third-order valence-corrected chi connectivity index (χ3v) is 2.97.